The Bertz CT molecular complexity index is 858. The molecule has 1 atom stereocenters. The third-order valence-electron chi connectivity index (χ3n) is 4.66. The number of methoxy groups -OCH3 is 1. The van der Waals surface area contributed by atoms with Crippen molar-refractivity contribution in [1.29, 1.82) is 0 Å². The first-order chi connectivity index (χ1) is 12.7. The summed E-state index contributed by atoms with van der Waals surface area (Å²) in [6.45, 7) is 2.51. The topological polar surface area (TPSA) is 26.6 Å². The van der Waals surface area contributed by atoms with E-state index in [-0.39, 0.29) is 6.23 Å². The minimum atomic E-state index is -0.0225. The van der Waals surface area contributed by atoms with Gasteiger partial charge in [0.15, 0.2) is 0 Å². The van der Waals surface area contributed by atoms with Crippen LogP contribution in [0.4, 0.5) is 0 Å². The lowest BCUT2D eigenvalue weighted by Gasteiger charge is -2.22. The Labute approximate surface area is 158 Å². The highest BCUT2D eigenvalue weighted by atomic mass is 35.5. The van der Waals surface area contributed by atoms with Crippen molar-refractivity contribution in [3.05, 3.63) is 83.1 Å². The maximum absolute atomic E-state index is 6.00. The molecule has 1 aliphatic heterocycles. The van der Waals surface area contributed by atoms with Gasteiger partial charge in [-0.05, 0) is 48.0 Å². The van der Waals surface area contributed by atoms with Crippen LogP contribution in [0.1, 0.15) is 17.4 Å². The summed E-state index contributed by atoms with van der Waals surface area (Å²) in [4.78, 5) is 2.35. The van der Waals surface area contributed by atoms with Gasteiger partial charge in [-0.1, -0.05) is 23.7 Å². The van der Waals surface area contributed by atoms with Gasteiger partial charge >= 0.3 is 0 Å². The van der Waals surface area contributed by atoms with Crippen LogP contribution in [0.25, 0.3) is 5.69 Å². The fraction of sp³-hybridized carbons (Fsp3) is 0.238. The number of ether oxygens (including phenoxy) is 2. The summed E-state index contributed by atoms with van der Waals surface area (Å²) in [5.74, 6) is 0.878. The third-order valence-corrected chi connectivity index (χ3v) is 4.91. The number of halogens is 1. The van der Waals surface area contributed by atoms with Crippen molar-refractivity contribution < 1.29 is 9.47 Å². The van der Waals surface area contributed by atoms with Gasteiger partial charge in [-0.3, -0.25) is 4.90 Å². The predicted octanol–water partition coefficient (Wildman–Crippen LogP) is 4.67. The second kappa shape index (κ2) is 7.54. The van der Waals surface area contributed by atoms with Crippen LogP contribution in [0.2, 0.25) is 5.02 Å². The van der Waals surface area contributed by atoms with Gasteiger partial charge in [0.2, 0.25) is 0 Å². The molecule has 0 radical (unpaired) electrons. The quantitative estimate of drug-likeness (QED) is 0.654. The van der Waals surface area contributed by atoms with Crippen LogP contribution in [0.3, 0.4) is 0 Å². The monoisotopic (exact) mass is 368 g/mol. The molecule has 1 aromatic heterocycles. The maximum Gasteiger partial charge on any atom is 0.138 e. The molecule has 1 saturated heterocycles. The Kier molecular flexibility index (Phi) is 4.98. The molecule has 4 rings (SSSR count). The fourth-order valence-corrected chi connectivity index (χ4v) is 3.40. The average molecular weight is 369 g/mol. The zero-order valence-electron chi connectivity index (χ0n) is 14.6. The predicted molar refractivity (Wildman–Crippen MR) is 103 cm³/mol. The summed E-state index contributed by atoms with van der Waals surface area (Å²) >= 11 is 5.98. The van der Waals surface area contributed by atoms with E-state index < -0.39 is 0 Å². The van der Waals surface area contributed by atoms with E-state index in [1.807, 2.05) is 36.4 Å². The van der Waals surface area contributed by atoms with Crippen molar-refractivity contribution in [2.45, 2.75) is 12.8 Å². The highest BCUT2D eigenvalue weighted by Gasteiger charge is 2.27. The molecule has 26 heavy (non-hydrogen) atoms. The molecular formula is C21H21ClN2O2. The van der Waals surface area contributed by atoms with E-state index in [4.69, 9.17) is 21.1 Å². The zero-order valence-corrected chi connectivity index (χ0v) is 15.4. The van der Waals surface area contributed by atoms with E-state index in [9.17, 15) is 0 Å². The molecule has 1 aliphatic rings. The van der Waals surface area contributed by atoms with E-state index in [0.717, 1.165) is 41.7 Å². The molecule has 2 heterocycles. The smallest absolute Gasteiger partial charge is 0.138 e. The lowest BCUT2D eigenvalue weighted by molar-refractivity contribution is 0.0288. The molecule has 0 aliphatic carbocycles. The largest absolute Gasteiger partial charge is 0.497 e. The second-order valence-electron chi connectivity index (χ2n) is 6.37. The number of hydrogen-bond acceptors (Lipinski definition) is 3. The highest BCUT2D eigenvalue weighted by molar-refractivity contribution is 6.30. The van der Waals surface area contributed by atoms with Crippen molar-refractivity contribution >= 4 is 11.6 Å². The standard InChI is InChI=1S/C21H21ClN2O2/c1-25-20-8-2-16(3-9-20)14-24-12-13-26-21(24)17-10-11-23(15-17)19-6-4-18(22)5-7-19/h2-11,15,21H,12-14H2,1H3/t21-/m0/s1. The molecule has 0 N–H and O–H groups in total. The molecule has 3 aromatic rings. The van der Waals surface area contributed by atoms with Gasteiger partial charge in [0.25, 0.3) is 0 Å². The van der Waals surface area contributed by atoms with Gasteiger partial charge in [-0.2, -0.15) is 0 Å². The molecule has 5 heteroatoms. The molecule has 134 valence electrons. The lowest BCUT2D eigenvalue weighted by atomic mass is 10.2. The normalized spacial score (nSPS) is 17.5. The Balaban J connectivity index is 1.50. The van der Waals surface area contributed by atoms with Crippen LogP contribution in [-0.2, 0) is 11.3 Å². The molecule has 4 nitrogen and oxygen atoms in total. The first-order valence-electron chi connectivity index (χ1n) is 8.65. The van der Waals surface area contributed by atoms with Gasteiger partial charge in [0.1, 0.15) is 12.0 Å². The number of hydrogen-bond donors (Lipinski definition) is 0. The lowest BCUT2D eigenvalue weighted by Crippen LogP contribution is -2.23. The van der Waals surface area contributed by atoms with Crippen LogP contribution in [0, 0.1) is 0 Å². The van der Waals surface area contributed by atoms with Crippen LogP contribution in [0.5, 0.6) is 5.75 Å². The van der Waals surface area contributed by atoms with E-state index in [2.05, 4.69) is 40.1 Å². The summed E-state index contributed by atoms with van der Waals surface area (Å²) in [7, 11) is 1.69. The summed E-state index contributed by atoms with van der Waals surface area (Å²) < 4.78 is 13.3. The maximum atomic E-state index is 6.00. The van der Waals surface area contributed by atoms with Crippen LogP contribution in [0.15, 0.2) is 67.0 Å². The average Bonchev–Trinajstić information content (AvgIpc) is 3.32. The van der Waals surface area contributed by atoms with Crippen molar-refractivity contribution in [3.63, 3.8) is 0 Å². The van der Waals surface area contributed by atoms with Crippen molar-refractivity contribution in [2.24, 2.45) is 0 Å². The molecule has 0 unspecified atom stereocenters. The van der Waals surface area contributed by atoms with Crippen LogP contribution in [-0.4, -0.2) is 29.7 Å². The Morgan fingerprint density at radius 1 is 1.08 bits per heavy atom. The molecule has 2 aromatic carbocycles. The summed E-state index contributed by atoms with van der Waals surface area (Å²) in [5, 5.41) is 0.742. The molecule has 0 amide bonds. The summed E-state index contributed by atoms with van der Waals surface area (Å²) in [6, 6.07) is 18.1. The Hall–Kier alpha value is -2.27. The number of nitrogens with zero attached hydrogens (tertiary/aromatic N) is 2. The minimum absolute atomic E-state index is 0.0225. The highest BCUT2D eigenvalue weighted by Crippen LogP contribution is 2.30. The molecular weight excluding hydrogens is 348 g/mol. The number of benzene rings is 2. The van der Waals surface area contributed by atoms with Crippen molar-refractivity contribution in [1.82, 2.24) is 9.47 Å². The number of aromatic nitrogens is 1. The second-order valence-corrected chi connectivity index (χ2v) is 6.81. The Morgan fingerprint density at radius 3 is 2.58 bits per heavy atom. The van der Waals surface area contributed by atoms with Gasteiger partial charge in [-0.25, -0.2) is 0 Å². The van der Waals surface area contributed by atoms with E-state index >= 15 is 0 Å². The van der Waals surface area contributed by atoms with E-state index in [0.29, 0.717) is 0 Å². The van der Waals surface area contributed by atoms with Gasteiger partial charge < -0.3 is 14.0 Å². The van der Waals surface area contributed by atoms with E-state index in [1.165, 1.54) is 5.56 Å². The van der Waals surface area contributed by atoms with E-state index in [1.54, 1.807) is 7.11 Å². The molecule has 0 spiro atoms. The first-order valence-corrected chi connectivity index (χ1v) is 9.03. The van der Waals surface area contributed by atoms with Gasteiger partial charge in [0, 0.05) is 41.8 Å². The molecule has 0 saturated carbocycles. The summed E-state index contributed by atoms with van der Waals surface area (Å²) in [6.07, 6.45) is 4.16. The Morgan fingerprint density at radius 2 is 1.85 bits per heavy atom. The van der Waals surface area contributed by atoms with Crippen LogP contribution < -0.4 is 4.74 Å². The molecule has 0 bridgehead atoms. The molecule has 1 fully saturated rings. The SMILES string of the molecule is COc1ccc(CN2CCO[C@H]2c2ccn(-c3ccc(Cl)cc3)c2)cc1. The van der Waals surface area contributed by atoms with Crippen LogP contribution >= 0.6 is 11.6 Å². The zero-order chi connectivity index (χ0) is 17.9. The van der Waals surface area contributed by atoms with Crippen molar-refractivity contribution in [3.8, 4) is 11.4 Å². The minimum Gasteiger partial charge on any atom is -0.497 e. The number of rotatable bonds is 5. The van der Waals surface area contributed by atoms with Gasteiger partial charge in [0.05, 0.1) is 13.7 Å². The fourth-order valence-electron chi connectivity index (χ4n) is 3.27. The third kappa shape index (κ3) is 3.63. The first kappa shape index (κ1) is 17.2. The van der Waals surface area contributed by atoms with Crippen molar-refractivity contribution in [2.75, 3.05) is 20.3 Å². The summed E-state index contributed by atoms with van der Waals surface area (Å²) in [5.41, 5.74) is 3.49. The van der Waals surface area contributed by atoms with Gasteiger partial charge in [-0.15, -0.1) is 0 Å².